The summed E-state index contributed by atoms with van der Waals surface area (Å²) in [5.41, 5.74) is 1.16. The van der Waals surface area contributed by atoms with Crippen molar-refractivity contribution in [2.75, 3.05) is 27.3 Å². The average molecular weight is 489 g/mol. The molecule has 8 heteroatoms. The molecule has 0 saturated carbocycles. The number of benzene rings is 2. The van der Waals surface area contributed by atoms with E-state index in [0.29, 0.717) is 30.7 Å². The van der Waals surface area contributed by atoms with Crippen LogP contribution in [0.2, 0.25) is 0 Å². The Kier molecular flexibility index (Phi) is 8.60. The van der Waals surface area contributed by atoms with Gasteiger partial charge >= 0.3 is 0 Å². The summed E-state index contributed by atoms with van der Waals surface area (Å²) >= 11 is 0. The lowest BCUT2D eigenvalue weighted by Crippen LogP contribution is -2.38. The number of sulfonamides is 1. The smallest absolute Gasteiger partial charge is 0.255 e. The van der Waals surface area contributed by atoms with Gasteiger partial charge in [-0.05, 0) is 67.0 Å². The monoisotopic (exact) mass is 488 g/mol. The predicted octanol–water partition coefficient (Wildman–Crippen LogP) is 4.64. The molecule has 186 valence electrons. The van der Waals surface area contributed by atoms with E-state index in [1.807, 2.05) is 24.3 Å². The molecule has 0 spiro atoms. The van der Waals surface area contributed by atoms with Crippen LogP contribution in [0.1, 0.15) is 62.0 Å². The van der Waals surface area contributed by atoms with E-state index < -0.39 is 10.0 Å². The number of piperidine rings is 1. The second kappa shape index (κ2) is 11.2. The number of nitrogens with zero attached hydrogens (tertiary/aromatic N) is 1. The highest BCUT2D eigenvalue weighted by Gasteiger charge is 2.30. The van der Waals surface area contributed by atoms with E-state index >= 15 is 0 Å². The van der Waals surface area contributed by atoms with Crippen LogP contribution in [0, 0.1) is 11.8 Å². The Morgan fingerprint density at radius 1 is 1.06 bits per heavy atom. The van der Waals surface area contributed by atoms with Gasteiger partial charge in [0.25, 0.3) is 5.91 Å². The number of nitrogens with one attached hydrogen (secondary N) is 1. The lowest BCUT2D eigenvalue weighted by molar-refractivity contribution is 0.0928. The number of rotatable bonds is 9. The van der Waals surface area contributed by atoms with Crippen molar-refractivity contribution in [2.24, 2.45) is 11.8 Å². The maximum absolute atomic E-state index is 13.4. The number of ether oxygens (including phenoxy) is 2. The molecule has 0 bridgehead atoms. The van der Waals surface area contributed by atoms with Crippen LogP contribution in [0.15, 0.2) is 47.4 Å². The highest BCUT2D eigenvalue weighted by atomic mass is 32.2. The average Bonchev–Trinajstić information content (AvgIpc) is 2.83. The first-order valence-electron chi connectivity index (χ1n) is 11.8. The van der Waals surface area contributed by atoms with Gasteiger partial charge in [0.2, 0.25) is 10.0 Å². The Morgan fingerprint density at radius 2 is 1.71 bits per heavy atom. The normalized spacial score (nSPS) is 16.3. The van der Waals surface area contributed by atoms with Crippen molar-refractivity contribution < 1.29 is 22.7 Å². The summed E-state index contributed by atoms with van der Waals surface area (Å²) in [6, 6.07) is 11.8. The van der Waals surface area contributed by atoms with Crippen molar-refractivity contribution >= 4 is 15.9 Å². The molecule has 2 aromatic rings. The van der Waals surface area contributed by atoms with Gasteiger partial charge in [0.1, 0.15) is 11.5 Å². The molecule has 1 aliphatic heterocycles. The first-order valence-corrected chi connectivity index (χ1v) is 13.2. The van der Waals surface area contributed by atoms with Crippen molar-refractivity contribution in [2.45, 2.75) is 51.0 Å². The highest BCUT2D eigenvalue weighted by molar-refractivity contribution is 7.89. The fourth-order valence-electron chi connectivity index (χ4n) is 4.22. The van der Waals surface area contributed by atoms with Crippen LogP contribution in [0.4, 0.5) is 0 Å². The van der Waals surface area contributed by atoms with Crippen molar-refractivity contribution in [3.63, 3.8) is 0 Å². The van der Waals surface area contributed by atoms with Gasteiger partial charge in [0.05, 0.1) is 30.7 Å². The third-order valence-electron chi connectivity index (χ3n) is 6.33. The lowest BCUT2D eigenvalue weighted by Gasteiger charge is -2.29. The Morgan fingerprint density at radius 3 is 2.26 bits per heavy atom. The summed E-state index contributed by atoms with van der Waals surface area (Å²) in [4.78, 5) is 13.5. The van der Waals surface area contributed by atoms with E-state index in [1.165, 1.54) is 23.5 Å². The number of methoxy groups -OCH3 is 2. The number of hydrogen-bond donors (Lipinski definition) is 1. The lowest BCUT2D eigenvalue weighted by atomic mass is 9.96. The minimum atomic E-state index is -3.69. The Balaban J connectivity index is 1.89. The summed E-state index contributed by atoms with van der Waals surface area (Å²) in [6.07, 6.45) is 2.40. The third-order valence-corrected chi connectivity index (χ3v) is 8.22. The van der Waals surface area contributed by atoms with Gasteiger partial charge in [-0.15, -0.1) is 0 Å². The Hall–Kier alpha value is -2.58. The standard InChI is InChI=1S/C26H36N2O5S/c1-18(2)16-24(20-6-8-21(32-4)9-7-20)27-26(29)23-17-22(10-11-25(23)33-5)34(30,31)28-14-12-19(3)13-15-28/h6-11,17-19,24H,12-16H2,1-5H3,(H,27,29)/t24-/m0/s1. The largest absolute Gasteiger partial charge is 0.497 e. The fraction of sp³-hybridized carbons (Fsp3) is 0.500. The van der Waals surface area contributed by atoms with Crippen LogP contribution in [0.5, 0.6) is 11.5 Å². The first-order chi connectivity index (χ1) is 16.1. The van der Waals surface area contributed by atoms with Gasteiger partial charge in [-0.2, -0.15) is 4.31 Å². The molecule has 1 aliphatic rings. The zero-order valence-corrected chi connectivity index (χ0v) is 21.5. The minimum absolute atomic E-state index is 0.109. The fourth-order valence-corrected chi connectivity index (χ4v) is 5.72. The topological polar surface area (TPSA) is 84.9 Å². The van der Waals surface area contributed by atoms with Gasteiger partial charge < -0.3 is 14.8 Å². The molecule has 0 aromatic heterocycles. The van der Waals surface area contributed by atoms with E-state index in [1.54, 1.807) is 13.2 Å². The zero-order valence-electron chi connectivity index (χ0n) is 20.7. The van der Waals surface area contributed by atoms with E-state index in [4.69, 9.17) is 9.47 Å². The number of amides is 1. The van der Waals surface area contributed by atoms with E-state index in [2.05, 4.69) is 26.1 Å². The highest BCUT2D eigenvalue weighted by Crippen LogP contribution is 2.29. The molecule has 1 fully saturated rings. The maximum Gasteiger partial charge on any atom is 0.255 e. The van der Waals surface area contributed by atoms with Crippen LogP contribution in [-0.2, 0) is 10.0 Å². The molecule has 1 N–H and O–H groups in total. The van der Waals surface area contributed by atoms with Crippen LogP contribution >= 0.6 is 0 Å². The molecule has 7 nitrogen and oxygen atoms in total. The molecular formula is C26H36N2O5S. The third kappa shape index (κ3) is 6.10. The number of carbonyl (C=O) groups excluding carboxylic acids is 1. The van der Waals surface area contributed by atoms with Crippen LogP contribution in [-0.4, -0.2) is 45.9 Å². The van der Waals surface area contributed by atoms with Gasteiger partial charge in [-0.25, -0.2) is 8.42 Å². The van der Waals surface area contributed by atoms with Crippen molar-refractivity contribution in [1.29, 1.82) is 0 Å². The van der Waals surface area contributed by atoms with Gasteiger partial charge in [-0.3, -0.25) is 4.79 Å². The molecule has 1 heterocycles. The summed E-state index contributed by atoms with van der Waals surface area (Å²) in [6.45, 7) is 7.30. The minimum Gasteiger partial charge on any atom is -0.497 e. The van der Waals surface area contributed by atoms with E-state index in [0.717, 1.165) is 30.6 Å². The van der Waals surface area contributed by atoms with E-state index in [9.17, 15) is 13.2 Å². The first kappa shape index (κ1) is 26.0. The van der Waals surface area contributed by atoms with E-state index in [-0.39, 0.29) is 22.4 Å². The Labute approximate surface area is 203 Å². The predicted molar refractivity (Wildman–Crippen MR) is 133 cm³/mol. The molecular weight excluding hydrogens is 452 g/mol. The molecule has 1 saturated heterocycles. The number of carbonyl (C=O) groups is 1. The van der Waals surface area contributed by atoms with Crippen LogP contribution in [0.3, 0.4) is 0 Å². The SMILES string of the molecule is COc1ccc([C@H](CC(C)C)NC(=O)c2cc(S(=O)(=O)N3CCC(C)CC3)ccc2OC)cc1. The van der Waals surface area contributed by atoms with Gasteiger partial charge in [-0.1, -0.05) is 32.9 Å². The summed E-state index contributed by atoms with van der Waals surface area (Å²) in [7, 11) is -0.605. The summed E-state index contributed by atoms with van der Waals surface area (Å²) in [5, 5.41) is 3.09. The second-order valence-electron chi connectivity index (χ2n) is 9.38. The molecule has 0 unspecified atom stereocenters. The number of hydrogen-bond acceptors (Lipinski definition) is 5. The second-order valence-corrected chi connectivity index (χ2v) is 11.3. The summed E-state index contributed by atoms with van der Waals surface area (Å²) in [5.74, 6) is 1.55. The molecule has 3 rings (SSSR count). The van der Waals surface area contributed by atoms with Crippen LogP contribution in [0.25, 0.3) is 0 Å². The molecule has 34 heavy (non-hydrogen) atoms. The quantitative estimate of drug-likeness (QED) is 0.556. The summed E-state index contributed by atoms with van der Waals surface area (Å²) < 4.78 is 38.7. The molecule has 2 aromatic carbocycles. The maximum atomic E-state index is 13.4. The molecule has 1 amide bonds. The van der Waals surface area contributed by atoms with Crippen molar-refractivity contribution in [3.8, 4) is 11.5 Å². The molecule has 1 atom stereocenters. The van der Waals surface area contributed by atoms with Crippen molar-refractivity contribution in [3.05, 3.63) is 53.6 Å². The molecule has 0 radical (unpaired) electrons. The van der Waals surface area contributed by atoms with Gasteiger partial charge in [0.15, 0.2) is 0 Å². The van der Waals surface area contributed by atoms with Gasteiger partial charge in [0, 0.05) is 13.1 Å². The van der Waals surface area contributed by atoms with Crippen molar-refractivity contribution in [1.82, 2.24) is 9.62 Å². The van der Waals surface area contributed by atoms with Crippen LogP contribution < -0.4 is 14.8 Å². The molecule has 0 aliphatic carbocycles. The Bertz CT molecular complexity index is 1070. The zero-order chi connectivity index (χ0) is 24.9.